The summed E-state index contributed by atoms with van der Waals surface area (Å²) in [5.74, 6) is -1.64. The Morgan fingerprint density at radius 3 is 2.92 bits per heavy atom. The van der Waals surface area contributed by atoms with Crippen LogP contribution in [0.4, 0.5) is 0 Å². The second-order valence-corrected chi connectivity index (χ2v) is 7.98. The molecular weight excluding hydrogens is 360 g/mol. The lowest BCUT2D eigenvalue weighted by Crippen LogP contribution is -2.52. The third-order valence-electron chi connectivity index (χ3n) is 3.25. The van der Waals surface area contributed by atoms with Gasteiger partial charge in [-0.2, -0.15) is 0 Å². The van der Waals surface area contributed by atoms with Gasteiger partial charge >= 0.3 is 5.97 Å². The standard InChI is InChI=1S/C13H18N2O7S2/c16-11(6-14-24(19,20)13-2-1-5-23-13)15-9-3-4-21-7-10(9)22-8-12(17)18/h1-2,5,9-10,14H,3-4,6-8H2,(H,15,16)(H,17,18)/t9-,10-/m1/s1. The Bertz CT molecular complexity index is 660. The monoisotopic (exact) mass is 378 g/mol. The van der Waals surface area contributed by atoms with Crippen LogP contribution in [0.15, 0.2) is 21.7 Å². The van der Waals surface area contributed by atoms with Crippen molar-refractivity contribution in [1.82, 2.24) is 10.0 Å². The van der Waals surface area contributed by atoms with Crippen LogP contribution in [-0.2, 0) is 29.1 Å². The third kappa shape index (κ3) is 5.53. The second kappa shape index (κ2) is 8.53. The molecule has 3 N–H and O–H groups in total. The summed E-state index contributed by atoms with van der Waals surface area (Å²) in [5.41, 5.74) is 0. The molecule has 2 atom stereocenters. The molecule has 0 saturated carbocycles. The lowest BCUT2D eigenvalue weighted by molar-refractivity contribution is -0.149. The molecule has 1 fully saturated rings. The Hall–Kier alpha value is -1.53. The summed E-state index contributed by atoms with van der Waals surface area (Å²) in [7, 11) is -3.71. The van der Waals surface area contributed by atoms with Gasteiger partial charge in [0.2, 0.25) is 5.91 Å². The van der Waals surface area contributed by atoms with Crippen molar-refractivity contribution in [2.24, 2.45) is 0 Å². The van der Waals surface area contributed by atoms with Gasteiger partial charge in [-0.3, -0.25) is 4.79 Å². The number of carboxylic acids is 1. The molecular formula is C13H18N2O7S2. The number of hydrogen-bond donors (Lipinski definition) is 3. The fraction of sp³-hybridized carbons (Fsp3) is 0.538. The predicted octanol–water partition coefficient (Wildman–Crippen LogP) is -0.599. The molecule has 9 nitrogen and oxygen atoms in total. The Kier molecular flexibility index (Phi) is 6.69. The fourth-order valence-corrected chi connectivity index (χ4v) is 4.15. The van der Waals surface area contributed by atoms with Gasteiger partial charge < -0.3 is 19.9 Å². The molecule has 0 aliphatic carbocycles. The van der Waals surface area contributed by atoms with Crippen LogP contribution in [0.3, 0.4) is 0 Å². The first-order valence-electron chi connectivity index (χ1n) is 7.12. The molecule has 0 bridgehead atoms. The van der Waals surface area contributed by atoms with Crippen molar-refractivity contribution in [2.45, 2.75) is 22.8 Å². The van der Waals surface area contributed by atoms with Gasteiger partial charge in [-0.1, -0.05) is 6.07 Å². The zero-order chi connectivity index (χ0) is 17.6. The van der Waals surface area contributed by atoms with Gasteiger partial charge in [0.05, 0.1) is 19.2 Å². The van der Waals surface area contributed by atoms with Gasteiger partial charge in [-0.05, 0) is 17.9 Å². The molecule has 24 heavy (non-hydrogen) atoms. The number of rotatable bonds is 8. The molecule has 1 amide bonds. The number of carbonyl (C=O) groups excluding carboxylic acids is 1. The molecule has 0 unspecified atom stereocenters. The lowest BCUT2D eigenvalue weighted by atomic mass is 10.1. The average molecular weight is 378 g/mol. The molecule has 1 aromatic rings. The molecule has 2 rings (SSSR count). The highest BCUT2D eigenvalue weighted by atomic mass is 32.2. The Balaban J connectivity index is 1.84. The van der Waals surface area contributed by atoms with E-state index >= 15 is 0 Å². The molecule has 1 saturated heterocycles. The Labute approximate surface area is 143 Å². The molecule has 1 aliphatic rings. The first-order valence-corrected chi connectivity index (χ1v) is 9.48. The summed E-state index contributed by atoms with van der Waals surface area (Å²) in [5, 5.41) is 12.9. The molecule has 1 aliphatic heterocycles. The number of sulfonamides is 1. The van der Waals surface area contributed by atoms with Crippen LogP contribution in [0, 0.1) is 0 Å². The predicted molar refractivity (Wildman–Crippen MR) is 84.3 cm³/mol. The number of amides is 1. The number of carbonyl (C=O) groups is 2. The van der Waals surface area contributed by atoms with E-state index in [2.05, 4.69) is 10.0 Å². The van der Waals surface area contributed by atoms with Crippen LogP contribution >= 0.6 is 11.3 Å². The van der Waals surface area contributed by atoms with Crippen molar-refractivity contribution in [3.05, 3.63) is 17.5 Å². The van der Waals surface area contributed by atoms with Gasteiger partial charge in [0.1, 0.15) is 16.9 Å². The number of nitrogens with one attached hydrogen (secondary N) is 2. The van der Waals surface area contributed by atoms with E-state index in [1.165, 1.54) is 6.07 Å². The Morgan fingerprint density at radius 1 is 1.46 bits per heavy atom. The summed E-state index contributed by atoms with van der Waals surface area (Å²) in [6, 6.07) is 2.61. The van der Waals surface area contributed by atoms with Gasteiger partial charge in [-0.25, -0.2) is 17.9 Å². The summed E-state index contributed by atoms with van der Waals surface area (Å²) in [6.07, 6.45) is -0.138. The number of aliphatic carboxylic acids is 1. The van der Waals surface area contributed by atoms with Crippen LogP contribution in [0.25, 0.3) is 0 Å². The van der Waals surface area contributed by atoms with E-state index in [9.17, 15) is 18.0 Å². The highest BCUT2D eigenvalue weighted by Gasteiger charge is 2.29. The smallest absolute Gasteiger partial charge is 0.329 e. The van der Waals surface area contributed by atoms with E-state index in [0.29, 0.717) is 13.0 Å². The van der Waals surface area contributed by atoms with E-state index in [1.54, 1.807) is 11.4 Å². The average Bonchev–Trinajstić information content (AvgIpc) is 3.07. The van der Waals surface area contributed by atoms with Crippen LogP contribution in [0.5, 0.6) is 0 Å². The van der Waals surface area contributed by atoms with Crippen molar-refractivity contribution in [3.63, 3.8) is 0 Å². The zero-order valence-electron chi connectivity index (χ0n) is 12.6. The number of thiophene rings is 1. The molecule has 0 aromatic carbocycles. The van der Waals surface area contributed by atoms with Gasteiger partial charge in [0, 0.05) is 6.61 Å². The second-order valence-electron chi connectivity index (χ2n) is 5.04. The lowest BCUT2D eigenvalue weighted by Gasteiger charge is -2.31. The van der Waals surface area contributed by atoms with Crippen LogP contribution in [0.2, 0.25) is 0 Å². The summed E-state index contributed by atoms with van der Waals surface area (Å²) in [6.45, 7) is -0.341. The van der Waals surface area contributed by atoms with E-state index in [-0.39, 0.29) is 10.8 Å². The van der Waals surface area contributed by atoms with E-state index in [4.69, 9.17) is 14.6 Å². The zero-order valence-corrected chi connectivity index (χ0v) is 14.3. The quantitative estimate of drug-likeness (QED) is 0.550. The van der Waals surface area contributed by atoms with Crippen molar-refractivity contribution in [1.29, 1.82) is 0 Å². The summed E-state index contributed by atoms with van der Waals surface area (Å²) < 4.78 is 36.6. The third-order valence-corrected chi connectivity index (χ3v) is 6.05. The number of ether oxygens (including phenoxy) is 2. The highest BCUT2D eigenvalue weighted by Crippen LogP contribution is 2.15. The summed E-state index contributed by atoms with van der Waals surface area (Å²) >= 11 is 1.05. The minimum atomic E-state index is -3.71. The SMILES string of the molecule is O=C(O)CO[C@@H]1COCC[C@H]1NC(=O)CNS(=O)(=O)c1cccs1. The number of hydrogen-bond acceptors (Lipinski definition) is 7. The van der Waals surface area contributed by atoms with Gasteiger partial charge in [0.15, 0.2) is 0 Å². The van der Waals surface area contributed by atoms with E-state index < -0.39 is 47.2 Å². The van der Waals surface area contributed by atoms with Crippen LogP contribution in [-0.4, -0.2) is 63.9 Å². The van der Waals surface area contributed by atoms with Crippen LogP contribution in [0.1, 0.15) is 6.42 Å². The van der Waals surface area contributed by atoms with Gasteiger partial charge in [0.25, 0.3) is 10.0 Å². The number of carboxylic acid groups (broad SMARTS) is 1. The maximum atomic E-state index is 12.0. The van der Waals surface area contributed by atoms with Crippen molar-refractivity contribution < 1.29 is 32.6 Å². The minimum absolute atomic E-state index is 0.129. The first-order chi connectivity index (χ1) is 11.4. The summed E-state index contributed by atoms with van der Waals surface area (Å²) in [4.78, 5) is 22.5. The Morgan fingerprint density at radius 2 is 2.25 bits per heavy atom. The highest BCUT2D eigenvalue weighted by molar-refractivity contribution is 7.91. The van der Waals surface area contributed by atoms with Gasteiger partial charge in [-0.15, -0.1) is 11.3 Å². The molecule has 0 radical (unpaired) electrons. The molecule has 0 spiro atoms. The normalized spacial score (nSPS) is 21.3. The van der Waals surface area contributed by atoms with Crippen molar-refractivity contribution in [3.8, 4) is 0 Å². The fourth-order valence-electron chi connectivity index (χ4n) is 2.13. The first kappa shape index (κ1) is 18.8. The molecule has 1 aromatic heterocycles. The van der Waals surface area contributed by atoms with Crippen molar-refractivity contribution in [2.75, 3.05) is 26.4 Å². The van der Waals surface area contributed by atoms with Crippen LogP contribution < -0.4 is 10.0 Å². The minimum Gasteiger partial charge on any atom is -0.480 e. The van der Waals surface area contributed by atoms with Crippen molar-refractivity contribution >= 4 is 33.2 Å². The maximum absolute atomic E-state index is 12.0. The molecule has 11 heteroatoms. The van der Waals surface area contributed by atoms with E-state index in [1.807, 2.05) is 0 Å². The topological polar surface area (TPSA) is 131 Å². The maximum Gasteiger partial charge on any atom is 0.329 e. The van der Waals surface area contributed by atoms with E-state index in [0.717, 1.165) is 11.3 Å². The largest absolute Gasteiger partial charge is 0.480 e. The molecule has 134 valence electrons. The molecule has 2 heterocycles.